The van der Waals surface area contributed by atoms with E-state index in [9.17, 15) is 19.7 Å². The molecule has 0 unspecified atom stereocenters. The summed E-state index contributed by atoms with van der Waals surface area (Å²) in [6, 6.07) is 14.8. The SMILES string of the molecule is O=C(/C=C/c1ccccc1[N+](=O)[O-])O[C@@H](C(=O)N1CCOCC1)c1ccccc1. The number of rotatable bonds is 6. The number of ether oxygens (including phenoxy) is 2. The van der Waals surface area contributed by atoms with Crippen LogP contribution < -0.4 is 0 Å². The van der Waals surface area contributed by atoms with Crippen molar-refractivity contribution < 1.29 is 24.0 Å². The van der Waals surface area contributed by atoms with Crippen molar-refractivity contribution in [3.63, 3.8) is 0 Å². The molecule has 1 amide bonds. The number of hydrogen-bond acceptors (Lipinski definition) is 6. The van der Waals surface area contributed by atoms with Crippen LogP contribution >= 0.6 is 0 Å². The Morgan fingerprint density at radius 1 is 1.07 bits per heavy atom. The lowest BCUT2D eigenvalue weighted by Crippen LogP contribution is -2.44. The van der Waals surface area contributed by atoms with Crippen molar-refractivity contribution in [3.8, 4) is 0 Å². The fourth-order valence-corrected chi connectivity index (χ4v) is 2.95. The third-order valence-electron chi connectivity index (χ3n) is 4.42. The minimum atomic E-state index is -1.10. The van der Waals surface area contributed by atoms with Gasteiger partial charge in [0.05, 0.1) is 23.7 Å². The number of benzene rings is 2. The second kappa shape index (κ2) is 9.61. The number of hydrogen-bond donors (Lipinski definition) is 0. The van der Waals surface area contributed by atoms with Crippen LogP contribution in [-0.2, 0) is 19.1 Å². The number of nitro benzene ring substituents is 1. The van der Waals surface area contributed by atoms with Gasteiger partial charge in [-0.3, -0.25) is 14.9 Å². The summed E-state index contributed by atoms with van der Waals surface area (Å²) in [6.07, 6.45) is 1.30. The molecule has 29 heavy (non-hydrogen) atoms. The Labute approximate surface area is 167 Å². The molecule has 1 fully saturated rings. The molecule has 0 radical (unpaired) electrons. The summed E-state index contributed by atoms with van der Waals surface area (Å²) < 4.78 is 10.7. The predicted octanol–water partition coefficient (Wildman–Crippen LogP) is 2.75. The van der Waals surface area contributed by atoms with E-state index >= 15 is 0 Å². The second-order valence-electron chi connectivity index (χ2n) is 6.31. The van der Waals surface area contributed by atoms with E-state index in [-0.39, 0.29) is 17.2 Å². The van der Waals surface area contributed by atoms with Crippen molar-refractivity contribution in [2.45, 2.75) is 6.10 Å². The molecule has 2 aromatic rings. The third-order valence-corrected chi connectivity index (χ3v) is 4.42. The summed E-state index contributed by atoms with van der Waals surface area (Å²) in [7, 11) is 0. The minimum Gasteiger partial charge on any atom is -0.444 e. The highest BCUT2D eigenvalue weighted by atomic mass is 16.6. The second-order valence-corrected chi connectivity index (χ2v) is 6.31. The third kappa shape index (κ3) is 5.26. The normalized spacial score (nSPS) is 15.1. The Hall–Kier alpha value is -3.52. The van der Waals surface area contributed by atoms with E-state index < -0.39 is 17.0 Å². The smallest absolute Gasteiger partial charge is 0.331 e. The molecule has 0 saturated carbocycles. The number of morpholine rings is 1. The number of para-hydroxylation sites is 1. The van der Waals surface area contributed by atoms with Crippen LogP contribution in [0.4, 0.5) is 5.69 Å². The zero-order valence-electron chi connectivity index (χ0n) is 15.6. The number of nitrogens with zero attached hydrogens (tertiary/aromatic N) is 2. The van der Waals surface area contributed by atoms with Gasteiger partial charge in [-0.1, -0.05) is 42.5 Å². The van der Waals surface area contributed by atoms with Crippen LogP contribution in [0.2, 0.25) is 0 Å². The molecule has 1 aliphatic heterocycles. The molecule has 3 rings (SSSR count). The first-order chi connectivity index (χ1) is 14.1. The van der Waals surface area contributed by atoms with Crippen molar-refractivity contribution in [3.05, 3.63) is 81.9 Å². The van der Waals surface area contributed by atoms with E-state index in [1.54, 1.807) is 47.4 Å². The van der Waals surface area contributed by atoms with Crippen LogP contribution in [0.5, 0.6) is 0 Å². The average Bonchev–Trinajstić information content (AvgIpc) is 2.77. The summed E-state index contributed by atoms with van der Waals surface area (Å²) in [4.78, 5) is 37.5. The Balaban J connectivity index is 1.78. The van der Waals surface area contributed by atoms with Gasteiger partial charge in [-0.25, -0.2) is 4.79 Å². The van der Waals surface area contributed by atoms with E-state index in [2.05, 4.69) is 0 Å². The lowest BCUT2D eigenvalue weighted by Gasteiger charge is -2.30. The van der Waals surface area contributed by atoms with Gasteiger partial charge in [-0.2, -0.15) is 0 Å². The summed E-state index contributed by atoms with van der Waals surface area (Å²) in [6.45, 7) is 1.70. The first-order valence-electron chi connectivity index (χ1n) is 9.10. The monoisotopic (exact) mass is 396 g/mol. The van der Waals surface area contributed by atoms with Gasteiger partial charge in [0.2, 0.25) is 6.10 Å². The first-order valence-corrected chi connectivity index (χ1v) is 9.10. The van der Waals surface area contributed by atoms with Crippen LogP contribution in [-0.4, -0.2) is 48.0 Å². The molecule has 0 aliphatic carbocycles. The largest absolute Gasteiger partial charge is 0.444 e. The van der Waals surface area contributed by atoms with Gasteiger partial charge in [-0.15, -0.1) is 0 Å². The van der Waals surface area contributed by atoms with E-state index in [0.717, 1.165) is 6.08 Å². The summed E-state index contributed by atoms with van der Waals surface area (Å²) in [5, 5.41) is 11.1. The van der Waals surface area contributed by atoms with Gasteiger partial charge in [0.1, 0.15) is 0 Å². The number of nitro groups is 1. The molecule has 1 heterocycles. The van der Waals surface area contributed by atoms with Crippen LogP contribution in [0.25, 0.3) is 6.08 Å². The van der Waals surface area contributed by atoms with Crippen LogP contribution in [0.15, 0.2) is 60.7 Å². The maximum Gasteiger partial charge on any atom is 0.331 e. The highest BCUT2D eigenvalue weighted by Crippen LogP contribution is 2.23. The Morgan fingerprint density at radius 2 is 1.72 bits per heavy atom. The molecule has 8 heteroatoms. The van der Waals surface area contributed by atoms with Crippen molar-refractivity contribution in [1.29, 1.82) is 0 Å². The van der Waals surface area contributed by atoms with E-state index in [1.807, 2.05) is 0 Å². The van der Waals surface area contributed by atoms with Gasteiger partial charge in [0.15, 0.2) is 0 Å². The van der Waals surface area contributed by atoms with Crippen molar-refractivity contribution >= 4 is 23.6 Å². The maximum atomic E-state index is 12.9. The van der Waals surface area contributed by atoms with Crippen molar-refractivity contribution in [1.82, 2.24) is 4.90 Å². The number of carbonyl (C=O) groups is 2. The molecule has 0 spiro atoms. The number of esters is 1. The van der Waals surface area contributed by atoms with E-state index in [0.29, 0.717) is 31.9 Å². The fraction of sp³-hybridized carbons (Fsp3) is 0.238. The van der Waals surface area contributed by atoms with Gasteiger partial charge < -0.3 is 14.4 Å². The summed E-state index contributed by atoms with van der Waals surface area (Å²) in [5.74, 6) is -1.09. The molecule has 1 aliphatic rings. The zero-order chi connectivity index (χ0) is 20.6. The highest BCUT2D eigenvalue weighted by molar-refractivity contribution is 5.91. The lowest BCUT2D eigenvalue weighted by atomic mass is 10.1. The summed E-state index contributed by atoms with van der Waals surface area (Å²) in [5.41, 5.74) is 0.696. The van der Waals surface area contributed by atoms with Crippen LogP contribution in [0, 0.1) is 10.1 Å². The van der Waals surface area contributed by atoms with Gasteiger partial charge in [0.25, 0.3) is 11.6 Å². The highest BCUT2D eigenvalue weighted by Gasteiger charge is 2.30. The molecule has 1 saturated heterocycles. The standard InChI is InChI=1S/C21H20N2O6/c24-19(11-10-16-6-4-5-9-18(16)23(26)27)29-20(17-7-2-1-3-8-17)21(25)22-12-14-28-15-13-22/h1-11,20H,12-15H2/b11-10+/t20-/m1/s1. The summed E-state index contributed by atoms with van der Waals surface area (Å²) >= 11 is 0. The molecule has 0 N–H and O–H groups in total. The topological polar surface area (TPSA) is 99.0 Å². The fourth-order valence-electron chi connectivity index (χ4n) is 2.95. The molecule has 8 nitrogen and oxygen atoms in total. The van der Waals surface area contributed by atoms with Gasteiger partial charge in [0, 0.05) is 30.8 Å². The molecule has 0 aromatic heterocycles. The molecule has 0 bridgehead atoms. The molecule has 150 valence electrons. The van der Waals surface area contributed by atoms with Crippen LogP contribution in [0.3, 0.4) is 0 Å². The average molecular weight is 396 g/mol. The van der Waals surface area contributed by atoms with Gasteiger partial charge >= 0.3 is 5.97 Å². The van der Waals surface area contributed by atoms with Crippen molar-refractivity contribution in [2.24, 2.45) is 0 Å². The molecule has 2 aromatic carbocycles. The van der Waals surface area contributed by atoms with Crippen LogP contribution in [0.1, 0.15) is 17.2 Å². The Kier molecular flexibility index (Phi) is 6.70. The number of carbonyl (C=O) groups excluding carboxylic acids is 2. The Morgan fingerprint density at radius 3 is 2.41 bits per heavy atom. The molecular weight excluding hydrogens is 376 g/mol. The zero-order valence-corrected chi connectivity index (χ0v) is 15.6. The lowest BCUT2D eigenvalue weighted by molar-refractivity contribution is -0.385. The minimum absolute atomic E-state index is 0.124. The predicted molar refractivity (Wildman–Crippen MR) is 105 cm³/mol. The molecule has 1 atom stereocenters. The first kappa shape index (κ1) is 20.2. The van der Waals surface area contributed by atoms with Gasteiger partial charge in [-0.05, 0) is 12.1 Å². The Bertz CT molecular complexity index is 906. The maximum absolute atomic E-state index is 12.9. The molecular formula is C21H20N2O6. The quantitative estimate of drug-likeness (QED) is 0.322. The number of amides is 1. The van der Waals surface area contributed by atoms with Crippen molar-refractivity contribution in [2.75, 3.05) is 26.3 Å². The van der Waals surface area contributed by atoms with E-state index in [4.69, 9.17) is 9.47 Å². The van der Waals surface area contributed by atoms with E-state index in [1.165, 1.54) is 18.2 Å².